The second kappa shape index (κ2) is 6.55. The highest BCUT2D eigenvalue weighted by molar-refractivity contribution is 7.96. The lowest BCUT2D eigenvalue weighted by molar-refractivity contribution is 0.264. The zero-order chi connectivity index (χ0) is 18.4. The summed E-state index contributed by atoms with van der Waals surface area (Å²) in [5.74, 6) is -0.107. The first kappa shape index (κ1) is 18.7. The third-order valence-corrected chi connectivity index (χ3v) is 9.50. The van der Waals surface area contributed by atoms with Crippen LogP contribution in [-0.4, -0.2) is 64.7 Å². The molecule has 25 heavy (non-hydrogen) atoms. The molecule has 2 atom stereocenters. The molecule has 2 saturated heterocycles. The Labute approximate surface area is 150 Å². The van der Waals surface area contributed by atoms with Gasteiger partial charge in [-0.3, -0.25) is 4.90 Å². The van der Waals surface area contributed by atoms with E-state index in [1.165, 1.54) is 7.11 Å². The molecule has 2 aliphatic rings. The fraction of sp³-hybridized carbons (Fsp3) is 0.647. The predicted octanol–water partition coefficient (Wildman–Crippen LogP) is 1.35. The molecule has 2 heterocycles. The summed E-state index contributed by atoms with van der Waals surface area (Å²) in [4.78, 5) is 2.13. The van der Waals surface area contributed by atoms with E-state index < -0.39 is 31.0 Å². The van der Waals surface area contributed by atoms with Gasteiger partial charge in [-0.1, -0.05) is 0 Å². The minimum absolute atomic E-state index is 0.0793. The molecule has 1 aromatic rings. The molecule has 2 aliphatic heterocycles. The summed E-state index contributed by atoms with van der Waals surface area (Å²) in [6.45, 7) is 5.25. The Bertz CT molecular complexity index is 871. The highest BCUT2D eigenvalue weighted by Crippen LogP contribution is 2.35. The average Bonchev–Trinajstić information content (AvgIpc) is 3.16. The molecule has 6 nitrogen and oxygen atoms in total. The van der Waals surface area contributed by atoms with Gasteiger partial charge in [0.05, 0.1) is 23.9 Å². The van der Waals surface area contributed by atoms with Crippen molar-refractivity contribution in [3.63, 3.8) is 0 Å². The number of hydrogen-bond donors (Lipinski definition) is 0. The zero-order valence-electron chi connectivity index (χ0n) is 14.9. The lowest BCUT2D eigenvalue weighted by Crippen LogP contribution is -2.45. The van der Waals surface area contributed by atoms with Gasteiger partial charge in [-0.25, -0.2) is 16.8 Å². The van der Waals surface area contributed by atoms with Crippen LogP contribution in [0.2, 0.25) is 0 Å². The lowest BCUT2D eigenvalue weighted by Gasteiger charge is -2.28. The van der Waals surface area contributed by atoms with Crippen molar-refractivity contribution in [1.82, 2.24) is 4.90 Å². The van der Waals surface area contributed by atoms with Gasteiger partial charge in [0.15, 0.2) is 19.7 Å². The third-order valence-electron chi connectivity index (χ3n) is 5.37. The van der Waals surface area contributed by atoms with Crippen molar-refractivity contribution in [1.29, 1.82) is 0 Å². The van der Waals surface area contributed by atoms with Crippen LogP contribution < -0.4 is 4.74 Å². The molecule has 0 spiro atoms. The fourth-order valence-corrected chi connectivity index (χ4v) is 8.87. The van der Waals surface area contributed by atoms with E-state index in [1.54, 1.807) is 12.1 Å². The van der Waals surface area contributed by atoms with Gasteiger partial charge in [0.2, 0.25) is 0 Å². The number of ether oxygens (including phenoxy) is 1. The Kier molecular flexibility index (Phi) is 4.89. The molecule has 140 valence electrons. The van der Waals surface area contributed by atoms with E-state index in [1.807, 2.05) is 18.7 Å². The molecule has 3 rings (SSSR count). The quantitative estimate of drug-likeness (QED) is 0.776. The highest BCUT2D eigenvalue weighted by Gasteiger charge is 2.49. The van der Waals surface area contributed by atoms with E-state index in [9.17, 15) is 16.8 Å². The number of nitrogens with zero attached hydrogens (tertiary/aromatic N) is 1. The van der Waals surface area contributed by atoms with E-state index in [0.29, 0.717) is 0 Å². The summed E-state index contributed by atoms with van der Waals surface area (Å²) in [6, 6.07) is 2.84. The van der Waals surface area contributed by atoms with Gasteiger partial charge in [0.25, 0.3) is 0 Å². The predicted molar refractivity (Wildman–Crippen MR) is 96.7 cm³/mol. The van der Waals surface area contributed by atoms with Crippen molar-refractivity contribution < 1.29 is 21.6 Å². The van der Waals surface area contributed by atoms with Crippen molar-refractivity contribution in [3.8, 4) is 5.75 Å². The van der Waals surface area contributed by atoms with Crippen LogP contribution in [0.1, 0.15) is 24.0 Å². The van der Waals surface area contributed by atoms with Crippen LogP contribution in [0.25, 0.3) is 0 Å². The molecule has 0 N–H and O–H groups in total. The van der Waals surface area contributed by atoms with Crippen molar-refractivity contribution >= 4 is 19.7 Å². The summed E-state index contributed by atoms with van der Waals surface area (Å²) in [7, 11) is -5.76. The minimum Gasteiger partial charge on any atom is -0.495 e. The zero-order valence-corrected chi connectivity index (χ0v) is 16.5. The van der Waals surface area contributed by atoms with Crippen molar-refractivity contribution in [2.24, 2.45) is 0 Å². The van der Waals surface area contributed by atoms with Gasteiger partial charge in [0, 0.05) is 6.04 Å². The van der Waals surface area contributed by atoms with Crippen LogP contribution in [-0.2, 0) is 19.7 Å². The van der Waals surface area contributed by atoms with Crippen LogP contribution in [0, 0.1) is 13.8 Å². The number of benzene rings is 1. The first-order valence-corrected chi connectivity index (χ1v) is 11.9. The molecule has 0 aliphatic carbocycles. The molecule has 1 aromatic carbocycles. The van der Waals surface area contributed by atoms with Gasteiger partial charge in [-0.2, -0.15) is 0 Å². The maximum absolute atomic E-state index is 13.4. The number of aryl methyl sites for hydroxylation is 2. The van der Waals surface area contributed by atoms with Crippen LogP contribution in [0.15, 0.2) is 17.0 Å². The van der Waals surface area contributed by atoms with E-state index in [-0.39, 0.29) is 22.2 Å². The van der Waals surface area contributed by atoms with Crippen molar-refractivity contribution in [2.75, 3.05) is 31.7 Å². The Balaban J connectivity index is 2.07. The second-order valence-electron chi connectivity index (χ2n) is 7.06. The first-order chi connectivity index (χ1) is 11.7. The van der Waals surface area contributed by atoms with Crippen LogP contribution in [0.5, 0.6) is 5.75 Å². The van der Waals surface area contributed by atoms with Gasteiger partial charge in [-0.05, 0) is 63.0 Å². The summed E-state index contributed by atoms with van der Waals surface area (Å²) in [5, 5.41) is -0.938. The van der Waals surface area contributed by atoms with Crippen molar-refractivity contribution in [2.45, 2.75) is 42.9 Å². The number of rotatable bonds is 4. The Morgan fingerprint density at radius 1 is 1.08 bits per heavy atom. The molecule has 0 saturated carbocycles. The van der Waals surface area contributed by atoms with Gasteiger partial charge < -0.3 is 4.74 Å². The average molecular weight is 388 g/mol. The lowest BCUT2D eigenvalue weighted by atomic mass is 10.1. The second-order valence-corrected chi connectivity index (χ2v) is 11.3. The number of sulfone groups is 2. The molecule has 0 radical (unpaired) electrons. The summed E-state index contributed by atoms with van der Waals surface area (Å²) < 4.78 is 56.5. The van der Waals surface area contributed by atoms with E-state index in [2.05, 4.69) is 0 Å². The number of methoxy groups -OCH3 is 1. The summed E-state index contributed by atoms with van der Waals surface area (Å²) >= 11 is 0. The maximum atomic E-state index is 13.4. The van der Waals surface area contributed by atoms with Gasteiger partial charge in [0.1, 0.15) is 10.6 Å². The molecule has 0 amide bonds. The Morgan fingerprint density at radius 3 is 2.28 bits per heavy atom. The van der Waals surface area contributed by atoms with Gasteiger partial charge >= 0.3 is 0 Å². The van der Waals surface area contributed by atoms with Crippen molar-refractivity contribution in [3.05, 3.63) is 23.3 Å². The monoisotopic (exact) mass is 387 g/mol. The maximum Gasteiger partial charge on any atom is 0.187 e. The molecule has 2 fully saturated rings. The van der Waals surface area contributed by atoms with E-state index in [0.717, 1.165) is 37.1 Å². The summed E-state index contributed by atoms with van der Waals surface area (Å²) in [5.41, 5.74) is 1.78. The molecule has 0 aromatic heterocycles. The summed E-state index contributed by atoms with van der Waals surface area (Å²) in [6.07, 6.45) is 1.96. The van der Waals surface area contributed by atoms with Crippen LogP contribution >= 0.6 is 0 Å². The smallest absolute Gasteiger partial charge is 0.187 e. The molecule has 0 bridgehead atoms. The fourth-order valence-electron chi connectivity index (χ4n) is 3.82. The van der Waals surface area contributed by atoms with E-state index >= 15 is 0 Å². The Morgan fingerprint density at radius 2 is 1.68 bits per heavy atom. The first-order valence-electron chi connectivity index (χ1n) is 8.49. The minimum atomic E-state index is -3.82. The van der Waals surface area contributed by atoms with E-state index in [4.69, 9.17) is 4.74 Å². The molecular weight excluding hydrogens is 362 g/mol. The van der Waals surface area contributed by atoms with Crippen LogP contribution in [0.3, 0.4) is 0 Å². The normalized spacial score (nSPS) is 26.8. The SMILES string of the molecule is COc1cc(C)c(C)cc1S(=O)(=O)[C@H]1CS(=O)(=O)C[C@@H]1N1CCCC1. The van der Waals surface area contributed by atoms with Gasteiger partial charge in [-0.15, -0.1) is 0 Å². The third kappa shape index (κ3) is 3.44. The topological polar surface area (TPSA) is 80.8 Å². The van der Waals surface area contributed by atoms with Crippen LogP contribution in [0.4, 0.5) is 0 Å². The molecule has 0 unspecified atom stereocenters. The largest absolute Gasteiger partial charge is 0.495 e. The number of hydrogen-bond acceptors (Lipinski definition) is 6. The molecular formula is C17H25NO5S2. The highest BCUT2D eigenvalue weighted by atomic mass is 32.2. The Hall–Kier alpha value is -1.12. The molecule has 8 heteroatoms. The standard InChI is InChI=1S/C17H25NO5S2/c1-12-8-15(23-3)16(9-13(12)2)25(21,22)17-11-24(19,20)10-14(17)18-6-4-5-7-18/h8-9,14,17H,4-7,10-11H2,1-3H3/t14-,17-/m0/s1. The number of likely N-dealkylation sites (tertiary alicyclic amines) is 1.